The average molecular weight is 503 g/mol. The predicted octanol–water partition coefficient (Wildman–Crippen LogP) is 6.68. The number of hydrogen-bond donors (Lipinski definition) is 0. The van der Waals surface area contributed by atoms with Crippen molar-refractivity contribution in [2.75, 3.05) is 0 Å². The number of alkyl halides is 6. The third kappa shape index (κ3) is 5.93. The Kier molecular flexibility index (Phi) is 6.89. The molecular formula is C28H24F6N2+2. The minimum Gasteiger partial charge on any atom is -0.201 e. The van der Waals surface area contributed by atoms with Gasteiger partial charge in [0.15, 0.2) is 37.9 Å². The first-order chi connectivity index (χ1) is 16.9. The quantitative estimate of drug-likeness (QED) is 0.213. The lowest BCUT2D eigenvalue weighted by Crippen LogP contribution is -2.34. The van der Waals surface area contributed by atoms with Crippen LogP contribution in [0.1, 0.15) is 33.4 Å². The highest BCUT2D eigenvalue weighted by Gasteiger charge is 2.38. The van der Waals surface area contributed by atoms with Crippen LogP contribution in [0.4, 0.5) is 26.3 Å². The molecule has 36 heavy (non-hydrogen) atoms. The molecule has 2 nitrogen and oxygen atoms in total. The fourth-order valence-electron chi connectivity index (χ4n) is 4.08. The van der Waals surface area contributed by atoms with Crippen LogP contribution in [-0.4, -0.2) is 0 Å². The molecule has 2 heterocycles. The second-order valence-corrected chi connectivity index (χ2v) is 8.82. The zero-order valence-corrected chi connectivity index (χ0v) is 19.7. The highest BCUT2D eigenvalue weighted by atomic mass is 19.4. The minimum absolute atomic E-state index is 0.168. The molecule has 0 N–H and O–H groups in total. The minimum atomic E-state index is -4.90. The van der Waals surface area contributed by atoms with E-state index in [1.165, 1.54) is 21.3 Å². The largest absolute Gasteiger partial charge is 0.416 e. The van der Waals surface area contributed by atoms with Crippen molar-refractivity contribution in [3.63, 3.8) is 0 Å². The highest BCUT2D eigenvalue weighted by molar-refractivity contribution is 5.61. The molecule has 0 aliphatic carbocycles. The molecule has 0 fully saturated rings. The molecule has 2 aromatic heterocycles. The Morgan fingerprint density at radius 3 is 1.56 bits per heavy atom. The van der Waals surface area contributed by atoms with Gasteiger partial charge in [-0.2, -0.15) is 26.3 Å². The van der Waals surface area contributed by atoms with Gasteiger partial charge < -0.3 is 0 Å². The number of hydrogen-bond acceptors (Lipinski definition) is 0. The van der Waals surface area contributed by atoms with Crippen LogP contribution in [0.15, 0.2) is 85.5 Å². The molecule has 4 aromatic rings. The maximum atomic E-state index is 13.4. The molecule has 4 rings (SSSR count). The fourth-order valence-corrected chi connectivity index (χ4v) is 4.08. The molecule has 0 bridgehead atoms. The van der Waals surface area contributed by atoms with Crippen molar-refractivity contribution >= 4 is 0 Å². The molecule has 0 spiro atoms. The summed E-state index contributed by atoms with van der Waals surface area (Å²) in [4.78, 5) is 0. The molecule has 0 aliphatic rings. The van der Waals surface area contributed by atoms with Crippen molar-refractivity contribution in [3.8, 4) is 11.1 Å². The van der Waals surface area contributed by atoms with E-state index in [0.29, 0.717) is 6.07 Å². The molecule has 186 valence electrons. The predicted molar refractivity (Wildman–Crippen MR) is 123 cm³/mol. The van der Waals surface area contributed by atoms with Gasteiger partial charge in [-0.25, -0.2) is 9.13 Å². The monoisotopic (exact) mass is 502 g/mol. The van der Waals surface area contributed by atoms with Gasteiger partial charge in [0.25, 0.3) is 0 Å². The Balaban J connectivity index is 1.51. The van der Waals surface area contributed by atoms with E-state index in [4.69, 9.17) is 0 Å². The molecule has 0 saturated heterocycles. The first-order valence-corrected chi connectivity index (χ1v) is 11.2. The second-order valence-electron chi connectivity index (χ2n) is 8.82. The van der Waals surface area contributed by atoms with E-state index >= 15 is 0 Å². The number of benzene rings is 2. The fraction of sp³-hybridized carbons (Fsp3) is 0.214. The number of halogens is 6. The van der Waals surface area contributed by atoms with E-state index in [9.17, 15) is 26.3 Å². The van der Waals surface area contributed by atoms with Crippen molar-refractivity contribution in [2.24, 2.45) is 0 Å². The van der Waals surface area contributed by atoms with Crippen molar-refractivity contribution < 1.29 is 35.5 Å². The SMILES string of the molecule is Cc1ccc(C[n+]2ccc(-c3cc[n+](Cc4ccc(C(F)(F)F)cc4C(F)(F)F)cc3)cc2)c(C)c1. The summed E-state index contributed by atoms with van der Waals surface area (Å²) < 4.78 is 82.6. The second kappa shape index (κ2) is 9.76. The Labute approximate surface area is 205 Å². The molecule has 0 radical (unpaired) electrons. The van der Waals surface area contributed by atoms with Gasteiger partial charge >= 0.3 is 12.4 Å². The van der Waals surface area contributed by atoms with Gasteiger partial charge in [0.2, 0.25) is 0 Å². The highest BCUT2D eigenvalue weighted by Crippen LogP contribution is 2.37. The van der Waals surface area contributed by atoms with Crippen LogP contribution in [0, 0.1) is 13.8 Å². The van der Waals surface area contributed by atoms with Crippen molar-refractivity contribution in [1.82, 2.24) is 0 Å². The van der Waals surface area contributed by atoms with E-state index in [-0.39, 0.29) is 18.2 Å². The van der Waals surface area contributed by atoms with Crippen LogP contribution in [0.3, 0.4) is 0 Å². The van der Waals surface area contributed by atoms with E-state index < -0.39 is 23.5 Å². The maximum absolute atomic E-state index is 13.4. The van der Waals surface area contributed by atoms with Gasteiger partial charge in [0, 0.05) is 35.4 Å². The molecule has 8 heteroatoms. The summed E-state index contributed by atoms with van der Waals surface area (Å²) in [5.74, 6) is 0. The first-order valence-electron chi connectivity index (χ1n) is 11.2. The van der Waals surface area contributed by atoms with Crippen molar-refractivity contribution in [1.29, 1.82) is 0 Å². The van der Waals surface area contributed by atoms with Gasteiger partial charge in [-0.3, -0.25) is 0 Å². The molecule has 0 aliphatic heterocycles. The molecule has 0 unspecified atom stereocenters. The van der Waals surface area contributed by atoms with Crippen molar-refractivity contribution in [2.45, 2.75) is 39.3 Å². The Bertz CT molecular complexity index is 1360. The van der Waals surface area contributed by atoms with Gasteiger partial charge in [0.05, 0.1) is 11.1 Å². The third-order valence-electron chi connectivity index (χ3n) is 6.06. The zero-order chi connectivity index (χ0) is 26.1. The zero-order valence-electron chi connectivity index (χ0n) is 19.7. The van der Waals surface area contributed by atoms with Gasteiger partial charge in [-0.05, 0) is 42.7 Å². The Morgan fingerprint density at radius 2 is 1.08 bits per heavy atom. The van der Waals surface area contributed by atoms with Gasteiger partial charge in [-0.15, -0.1) is 0 Å². The van der Waals surface area contributed by atoms with Crippen LogP contribution in [0.2, 0.25) is 0 Å². The van der Waals surface area contributed by atoms with Crippen LogP contribution in [0.25, 0.3) is 11.1 Å². The molecule has 0 saturated carbocycles. The summed E-state index contributed by atoms with van der Waals surface area (Å²) in [5.41, 5.74) is 2.62. The maximum Gasteiger partial charge on any atom is 0.416 e. The normalized spacial score (nSPS) is 12.1. The summed E-state index contributed by atoms with van der Waals surface area (Å²) in [5, 5.41) is 0. The molecule has 2 aromatic carbocycles. The van der Waals surface area contributed by atoms with E-state index in [0.717, 1.165) is 23.7 Å². The van der Waals surface area contributed by atoms with Crippen LogP contribution >= 0.6 is 0 Å². The van der Waals surface area contributed by atoms with E-state index in [1.54, 1.807) is 24.5 Å². The summed E-state index contributed by atoms with van der Waals surface area (Å²) in [6.07, 6.45) is -2.58. The smallest absolute Gasteiger partial charge is 0.201 e. The van der Waals surface area contributed by atoms with Crippen molar-refractivity contribution in [3.05, 3.63) is 119 Å². The summed E-state index contributed by atoms with van der Waals surface area (Å²) in [6.45, 7) is 4.66. The number of pyridine rings is 2. The number of nitrogens with zero attached hydrogens (tertiary/aromatic N) is 2. The topological polar surface area (TPSA) is 7.76 Å². The van der Waals surface area contributed by atoms with Gasteiger partial charge in [-0.1, -0.05) is 29.8 Å². The Morgan fingerprint density at radius 1 is 0.583 bits per heavy atom. The van der Waals surface area contributed by atoms with Gasteiger partial charge in [0.1, 0.15) is 0 Å². The summed E-state index contributed by atoms with van der Waals surface area (Å²) >= 11 is 0. The molecule has 0 atom stereocenters. The average Bonchev–Trinajstić information content (AvgIpc) is 2.81. The molecular weight excluding hydrogens is 478 g/mol. The van der Waals surface area contributed by atoms with Crippen LogP contribution < -0.4 is 9.13 Å². The number of rotatable bonds is 5. The number of aryl methyl sites for hydroxylation is 2. The number of aromatic nitrogens is 2. The lowest BCUT2D eigenvalue weighted by atomic mass is 10.0. The Hall–Kier alpha value is -3.68. The lowest BCUT2D eigenvalue weighted by Gasteiger charge is -2.14. The van der Waals surface area contributed by atoms with Crippen LogP contribution in [0.5, 0.6) is 0 Å². The summed E-state index contributed by atoms with van der Waals surface area (Å²) in [7, 11) is 0. The molecule has 0 amide bonds. The standard InChI is InChI=1S/C28H24F6N2/c1-19-3-4-23(20(2)15-19)17-35-11-7-21(8-12-35)22-9-13-36(14-10-22)18-24-5-6-25(27(29,30)31)16-26(24)28(32,33)34/h3-16H,17-18H2,1-2H3/q+2. The summed E-state index contributed by atoms with van der Waals surface area (Å²) in [6, 6.07) is 15.5. The van der Waals surface area contributed by atoms with E-state index in [2.05, 4.69) is 36.6 Å². The first kappa shape index (κ1) is 25.4. The van der Waals surface area contributed by atoms with Crippen LogP contribution in [-0.2, 0) is 25.4 Å². The lowest BCUT2D eigenvalue weighted by molar-refractivity contribution is -0.688. The third-order valence-corrected chi connectivity index (χ3v) is 6.06. The van der Waals surface area contributed by atoms with E-state index in [1.807, 2.05) is 24.5 Å².